The van der Waals surface area contributed by atoms with E-state index in [4.69, 9.17) is 0 Å². The highest BCUT2D eigenvalue weighted by Crippen LogP contribution is 2.23. The van der Waals surface area contributed by atoms with Crippen LogP contribution in [0.15, 0.2) is 53.4 Å². The Kier molecular flexibility index (Phi) is 7.05. The van der Waals surface area contributed by atoms with Gasteiger partial charge in [-0.1, -0.05) is 0 Å². The maximum atomic E-state index is 13.3. The summed E-state index contributed by atoms with van der Waals surface area (Å²) < 4.78 is 53.2. The number of ketones is 1. The van der Waals surface area contributed by atoms with Crippen LogP contribution in [0.3, 0.4) is 0 Å². The minimum atomic E-state index is -4.12. The van der Waals surface area contributed by atoms with E-state index >= 15 is 0 Å². The summed E-state index contributed by atoms with van der Waals surface area (Å²) in [7, 11) is -4.12. The van der Waals surface area contributed by atoms with E-state index in [1.165, 1.54) is 35.6 Å². The average molecular weight is 479 g/mol. The molecule has 0 bridgehead atoms. The summed E-state index contributed by atoms with van der Waals surface area (Å²) in [4.78, 5) is 26.0. The van der Waals surface area contributed by atoms with E-state index in [0.29, 0.717) is 17.3 Å². The lowest BCUT2D eigenvalue weighted by molar-refractivity contribution is -0.116. The fourth-order valence-electron chi connectivity index (χ4n) is 2.97. The highest BCUT2D eigenvalue weighted by Gasteiger charge is 2.17. The van der Waals surface area contributed by atoms with Crippen molar-refractivity contribution in [2.24, 2.45) is 0 Å². The van der Waals surface area contributed by atoms with Gasteiger partial charge in [0.1, 0.15) is 0 Å². The molecule has 32 heavy (non-hydrogen) atoms. The molecule has 0 spiro atoms. The maximum Gasteiger partial charge on any atom is 0.261 e. The van der Waals surface area contributed by atoms with Gasteiger partial charge in [-0.05, 0) is 62.4 Å². The molecular weight excluding hydrogens is 458 g/mol. The topological polar surface area (TPSA) is 92.3 Å². The molecule has 0 radical (unpaired) electrons. The van der Waals surface area contributed by atoms with Crippen LogP contribution in [0.4, 0.5) is 20.2 Å². The maximum absolute atomic E-state index is 13.3. The molecule has 0 saturated carbocycles. The van der Waals surface area contributed by atoms with Crippen LogP contribution >= 0.6 is 11.3 Å². The number of thiophene rings is 1. The fraction of sp³-hybridized carbons (Fsp3) is 0.182. The van der Waals surface area contributed by atoms with Crippen molar-refractivity contribution in [2.45, 2.75) is 31.6 Å². The van der Waals surface area contributed by atoms with Gasteiger partial charge in [0, 0.05) is 39.5 Å². The second-order valence-corrected chi connectivity index (χ2v) is 10.2. The molecule has 2 N–H and O–H groups in total. The highest BCUT2D eigenvalue weighted by molar-refractivity contribution is 7.92. The van der Waals surface area contributed by atoms with Gasteiger partial charge >= 0.3 is 0 Å². The van der Waals surface area contributed by atoms with Gasteiger partial charge in [0.15, 0.2) is 17.4 Å². The third-order valence-corrected chi connectivity index (χ3v) is 6.89. The molecule has 2 aromatic carbocycles. The Bertz CT molecular complexity index is 1270. The number of anilines is 2. The SMILES string of the molecule is Cc1cc(C(=O)CCC(=O)Nc2ccc(NS(=O)(=O)c3ccc(F)c(F)c3)cc2)c(C)s1. The lowest BCUT2D eigenvalue weighted by Crippen LogP contribution is -2.15. The number of hydrogen-bond donors (Lipinski definition) is 2. The summed E-state index contributed by atoms with van der Waals surface area (Å²) >= 11 is 1.53. The number of sulfonamides is 1. The van der Waals surface area contributed by atoms with Crippen LogP contribution in [0.25, 0.3) is 0 Å². The first kappa shape index (κ1) is 23.6. The van der Waals surface area contributed by atoms with Crippen LogP contribution in [0.5, 0.6) is 0 Å². The zero-order chi connectivity index (χ0) is 23.5. The number of rotatable bonds is 8. The van der Waals surface area contributed by atoms with Gasteiger partial charge in [-0.15, -0.1) is 11.3 Å². The molecule has 0 saturated heterocycles. The van der Waals surface area contributed by atoms with Crippen LogP contribution < -0.4 is 10.0 Å². The van der Waals surface area contributed by atoms with Crippen molar-refractivity contribution >= 4 is 44.4 Å². The molecule has 0 aliphatic carbocycles. The fourth-order valence-corrected chi connectivity index (χ4v) is 4.99. The van der Waals surface area contributed by atoms with E-state index < -0.39 is 26.6 Å². The summed E-state index contributed by atoms with van der Waals surface area (Å²) in [5.41, 5.74) is 1.23. The van der Waals surface area contributed by atoms with E-state index in [1.54, 1.807) is 0 Å². The molecule has 168 valence electrons. The van der Waals surface area contributed by atoms with Crippen molar-refractivity contribution in [3.8, 4) is 0 Å². The summed E-state index contributed by atoms with van der Waals surface area (Å²) in [6, 6.07) is 9.88. The van der Waals surface area contributed by atoms with Gasteiger partial charge in [-0.25, -0.2) is 17.2 Å². The molecule has 6 nitrogen and oxygen atoms in total. The Balaban J connectivity index is 1.57. The van der Waals surface area contributed by atoms with E-state index in [1.807, 2.05) is 19.9 Å². The zero-order valence-electron chi connectivity index (χ0n) is 17.2. The predicted octanol–water partition coefficient (Wildman–Crippen LogP) is 5.05. The quantitative estimate of drug-likeness (QED) is 0.444. The van der Waals surface area contributed by atoms with Crippen molar-refractivity contribution in [1.82, 2.24) is 0 Å². The molecule has 1 amide bonds. The van der Waals surface area contributed by atoms with Crippen molar-refractivity contribution in [3.05, 3.63) is 75.5 Å². The second kappa shape index (κ2) is 9.58. The summed E-state index contributed by atoms with van der Waals surface area (Å²) in [5, 5.41) is 2.65. The van der Waals surface area contributed by atoms with E-state index in [0.717, 1.165) is 21.9 Å². The number of benzene rings is 2. The third kappa shape index (κ3) is 5.77. The first-order valence-electron chi connectivity index (χ1n) is 9.53. The van der Waals surface area contributed by atoms with Gasteiger partial charge < -0.3 is 5.32 Å². The lowest BCUT2D eigenvalue weighted by Gasteiger charge is -2.10. The molecule has 0 unspecified atom stereocenters. The molecule has 0 fully saturated rings. The number of carbonyl (C=O) groups excluding carboxylic acids is 2. The zero-order valence-corrected chi connectivity index (χ0v) is 18.9. The Morgan fingerprint density at radius 1 is 0.906 bits per heavy atom. The number of nitrogens with one attached hydrogen (secondary N) is 2. The van der Waals surface area contributed by atoms with Crippen LogP contribution in [0, 0.1) is 25.5 Å². The first-order valence-corrected chi connectivity index (χ1v) is 11.8. The van der Waals surface area contributed by atoms with E-state index in [2.05, 4.69) is 10.0 Å². The van der Waals surface area contributed by atoms with Crippen LogP contribution in [-0.4, -0.2) is 20.1 Å². The Labute approximate surface area is 188 Å². The van der Waals surface area contributed by atoms with Crippen LogP contribution in [0.1, 0.15) is 33.0 Å². The normalized spacial score (nSPS) is 11.2. The predicted molar refractivity (Wildman–Crippen MR) is 120 cm³/mol. The molecule has 3 aromatic rings. The number of Topliss-reactive ketones (excluding diaryl/α,β-unsaturated/α-hetero) is 1. The van der Waals surface area contributed by atoms with Gasteiger partial charge in [0.25, 0.3) is 10.0 Å². The number of hydrogen-bond acceptors (Lipinski definition) is 5. The molecule has 3 rings (SSSR count). The standard InChI is InChI=1S/C22H20F2N2O4S2/c1-13-11-18(14(2)31-13)21(27)9-10-22(28)25-15-3-5-16(6-4-15)26-32(29,30)17-7-8-19(23)20(24)12-17/h3-8,11-12,26H,9-10H2,1-2H3,(H,25,28). The molecule has 0 atom stereocenters. The monoisotopic (exact) mass is 478 g/mol. The van der Waals surface area contributed by atoms with E-state index in [9.17, 15) is 26.8 Å². The molecule has 1 heterocycles. The average Bonchev–Trinajstić information content (AvgIpc) is 3.07. The largest absolute Gasteiger partial charge is 0.326 e. The first-order chi connectivity index (χ1) is 15.0. The molecule has 10 heteroatoms. The summed E-state index contributed by atoms with van der Waals surface area (Å²) in [6.45, 7) is 3.79. The second-order valence-electron chi connectivity index (χ2n) is 7.06. The van der Waals surface area contributed by atoms with Crippen LogP contribution in [-0.2, 0) is 14.8 Å². The molecule has 1 aromatic heterocycles. The van der Waals surface area contributed by atoms with Crippen molar-refractivity contribution in [1.29, 1.82) is 0 Å². The molecular formula is C22H20F2N2O4S2. The van der Waals surface area contributed by atoms with Gasteiger partial charge in [0.05, 0.1) is 4.90 Å². The van der Waals surface area contributed by atoms with Crippen molar-refractivity contribution in [2.75, 3.05) is 10.0 Å². The van der Waals surface area contributed by atoms with Crippen LogP contribution in [0.2, 0.25) is 0 Å². The third-order valence-electron chi connectivity index (χ3n) is 4.54. The Hall–Kier alpha value is -3.11. The summed E-state index contributed by atoms with van der Waals surface area (Å²) in [6.07, 6.45) is 0.0899. The minimum absolute atomic E-state index is 0.0116. The Morgan fingerprint density at radius 2 is 1.56 bits per heavy atom. The lowest BCUT2D eigenvalue weighted by atomic mass is 10.1. The molecule has 0 aliphatic rings. The number of aryl methyl sites for hydroxylation is 2. The van der Waals surface area contributed by atoms with Gasteiger partial charge in [-0.3, -0.25) is 14.3 Å². The van der Waals surface area contributed by atoms with Crippen molar-refractivity contribution < 1.29 is 26.8 Å². The molecule has 0 aliphatic heterocycles. The van der Waals surface area contributed by atoms with Gasteiger partial charge in [0.2, 0.25) is 5.91 Å². The summed E-state index contributed by atoms with van der Waals surface area (Å²) in [5.74, 6) is -2.86. The highest BCUT2D eigenvalue weighted by atomic mass is 32.2. The van der Waals surface area contributed by atoms with E-state index in [-0.39, 0.29) is 30.2 Å². The smallest absolute Gasteiger partial charge is 0.261 e. The minimum Gasteiger partial charge on any atom is -0.326 e. The number of amides is 1. The van der Waals surface area contributed by atoms with Gasteiger partial charge in [-0.2, -0.15) is 0 Å². The Morgan fingerprint density at radius 3 is 2.16 bits per heavy atom. The number of halogens is 2. The van der Waals surface area contributed by atoms with Crippen molar-refractivity contribution in [3.63, 3.8) is 0 Å². The number of carbonyl (C=O) groups is 2.